The Balaban J connectivity index is 1.70. The molecule has 1 aromatic carbocycles. The number of aryl methyl sites for hydroxylation is 2. The molecule has 0 aliphatic heterocycles. The molecule has 130 valence electrons. The van der Waals surface area contributed by atoms with Gasteiger partial charge in [-0.3, -0.25) is 4.99 Å². The summed E-state index contributed by atoms with van der Waals surface area (Å²) in [5.41, 5.74) is 6.82. The zero-order valence-corrected chi connectivity index (χ0v) is 14.7. The van der Waals surface area contributed by atoms with Crippen molar-refractivity contribution in [2.24, 2.45) is 10.7 Å². The molecule has 24 heavy (non-hydrogen) atoms. The Hall–Kier alpha value is -2.50. The number of imidazole rings is 1. The van der Waals surface area contributed by atoms with Gasteiger partial charge in [0, 0.05) is 31.2 Å². The molecule has 0 aliphatic rings. The number of hydrogen-bond donors (Lipinski definition) is 2. The minimum Gasteiger partial charge on any atom is -0.491 e. The van der Waals surface area contributed by atoms with Gasteiger partial charge in [0.1, 0.15) is 11.6 Å². The maximum atomic E-state index is 5.92. The molecule has 0 unspecified atom stereocenters. The summed E-state index contributed by atoms with van der Waals surface area (Å²) >= 11 is 0. The van der Waals surface area contributed by atoms with Crippen molar-refractivity contribution < 1.29 is 4.74 Å². The van der Waals surface area contributed by atoms with Gasteiger partial charge in [0.15, 0.2) is 5.96 Å². The van der Waals surface area contributed by atoms with E-state index in [9.17, 15) is 0 Å². The summed E-state index contributed by atoms with van der Waals surface area (Å²) in [6, 6.07) is 7.70. The van der Waals surface area contributed by atoms with Crippen molar-refractivity contribution in [3.63, 3.8) is 0 Å². The second-order valence-corrected chi connectivity index (χ2v) is 5.96. The number of hydrogen-bond acceptors (Lipinski definition) is 3. The van der Waals surface area contributed by atoms with E-state index in [0.29, 0.717) is 12.5 Å². The number of benzene rings is 1. The zero-order valence-electron chi connectivity index (χ0n) is 14.7. The molecule has 0 radical (unpaired) electrons. The summed E-state index contributed by atoms with van der Waals surface area (Å²) in [6.07, 6.45) is 6.03. The molecule has 0 atom stereocenters. The highest BCUT2D eigenvalue weighted by Gasteiger charge is 2.00. The van der Waals surface area contributed by atoms with E-state index in [1.54, 1.807) is 0 Å². The van der Waals surface area contributed by atoms with Gasteiger partial charge in [-0.1, -0.05) is 0 Å². The molecule has 0 aliphatic carbocycles. The Morgan fingerprint density at radius 1 is 1.29 bits per heavy atom. The summed E-state index contributed by atoms with van der Waals surface area (Å²) < 4.78 is 7.75. The molecule has 2 aromatic rings. The lowest BCUT2D eigenvalue weighted by atomic mass is 10.3. The minimum absolute atomic E-state index is 0.168. The van der Waals surface area contributed by atoms with Gasteiger partial charge >= 0.3 is 0 Å². The Bertz CT molecular complexity index is 646. The van der Waals surface area contributed by atoms with Crippen LogP contribution in [-0.2, 0) is 6.54 Å². The molecule has 3 N–H and O–H groups in total. The highest BCUT2D eigenvalue weighted by Crippen LogP contribution is 2.16. The molecule has 1 heterocycles. The second-order valence-electron chi connectivity index (χ2n) is 5.96. The minimum atomic E-state index is 0.168. The van der Waals surface area contributed by atoms with Gasteiger partial charge in [0.2, 0.25) is 0 Å². The van der Waals surface area contributed by atoms with Crippen molar-refractivity contribution in [3.8, 4) is 5.75 Å². The van der Waals surface area contributed by atoms with Crippen LogP contribution in [0.25, 0.3) is 0 Å². The van der Waals surface area contributed by atoms with Gasteiger partial charge in [-0.05, 0) is 57.9 Å². The number of aromatic nitrogens is 2. The van der Waals surface area contributed by atoms with E-state index in [1.807, 2.05) is 57.4 Å². The Kier molecular flexibility index (Phi) is 6.66. The van der Waals surface area contributed by atoms with Crippen LogP contribution >= 0.6 is 0 Å². The lowest BCUT2D eigenvalue weighted by Gasteiger charge is -2.11. The van der Waals surface area contributed by atoms with E-state index in [2.05, 4.69) is 19.9 Å². The number of anilines is 1. The van der Waals surface area contributed by atoms with E-state index in [0.717, 1.165) is 36.6 Å². The molecule has 0 bridgehead atoms. The first-order valence-corrected chi connectivity index (χ1v) is 8.36. The van der Waals surface area contributed by atoms with Crippen LogP contribution in [-0.4, -0.2) is 28.2 Å². The average Bonchev–Trinajstić information content (AvgIpc) is 2.94. The number of nitrogens with zero attached hydrogens (tertiary/aromatic N) is 3. The molecule has 0 saturated carbocycles. The summed E-state index contributed by atoms with van der Waals surface area (Å²) in [4.78, 5) is 8.57. The lowest BCUT2D eigenvalue weighted by molar-refractivity contribution is 0.242. The van der Waals surface area contributed by atoms with Crippen molar-refractivity contribution in [1.29, 1.82) is 0 Å². The standard InChI is InChI=1S/C18H27N5O/c1-14(2)24-17-8-6-16(7-9-17)22-18(19)21-10-4-5-12-23-13-11-20-15(23)3/h6-9,11,13-14H,4-5,10,12H2,1-3H3,(H3,19,21,22). The van der Waals surface area contributed by atoms with Crippen molar-refractivity contribution in [2.45, 2.75) is 46.3 Å². The monoisotopic (exact) mass is 329 g/mol. The van der Waals surface area contributed by atoms with E-state index in [4.69, 9.17) is 10.5 Å². The second kappa shape index (κ2) is 8.96. The molecule has 6 heteroatoms. The molecular formula is C18H27N5O. The molecular weight excluding hydrogens is 302 g/mol. The molecule has 0 amide bonds. The highest BCUT2D eigenvalue weighted by molar-refractivity contribution is 5.92. The molecule has 0 saturated heterocycles. The molecule has 0 spiro atoms. The fourth-order valence-electron chi connectivity index (χ4n) is 2.31. The van der Waals surface area contributed by atoms with E-state index in [-0.39, 0.29) is 6.10 Å². The van der Waals surface area contributed by atoms with Gasteiger partial charge in [-0.2, -0.15) is 0 Å². The number of nitrogens with two attached hydrogens (primary N) is 1. The van der Waals surface area contributed by atoms with Crippen LogP contribution in [0.5, 0.6) is 5.75 Å². The third-order valence-corrected chi connectivity index (χ3v) is 3.51. The Morgan fingerprint density at radius 3 is 2.67 bits per heavy atom. The number of ether oxygens (including phenoxy) is 1. The number of aliphatic imine (C=N–C) groups is 1. The SMILES string of the molecule is Cc1nccn1CCCCN=C(N)Nc1ccc(OC(C)C)cc1. The summed E-state index contributed by atoms with van der Waals surface area (Å²) in [6.45, 7) is 7.69. The number of rotatable bonds is 8. The van der Waals surface area contributed by atoms with E-state index < -0.39 is 0 Å². The van der Waals surface area contributed by atoms with E-state index in [1.165, 1.54) is 0 Å². The lowest BCUT2D eigenvalue weighted by Crippen LogP contribution is -2.22. The van der Waals surface area contributed by atoms with Gasteiger partial charge in [0.05, 0.1) is 6.10 Å². The van der Waals surface area contributed by atoms with Crippen LogP contribution in [0.4, 0.5) is 5.69 Å². The van der Waals surface area contributed by atoms with Crippen molar-refractivity contribution in [2.75, 3.05) is 11.9 Å². The summed E-state index contributed by atoms with van der Waals surface area (Å²) in [7, 11) is 0. The summed E-state index contributed by atoms with van der Waals surface area (Å²) in [5, 5.41) is 3.09. The van der Waals surface area contributed by atoms with Crippen molar-refractivity contribution >= 4 is 11.6 Å². The van der Waals surface area contributed by atoms with Crippen molar-refractivity contribution in [1.82, 2.24) is 9.55 Å². The number of unbranched alkanes of at least 4 members (excludes halogenated alkanes) is 1. The zero-order chi connectivity index (χ0) is 17.4. The molecule has 6 nitrogen and oxygen atoms in total. The highest BCUT2D eigenvalue weighted by atomic mass is 16.5. The predicted molar refractivity (Wildman–Crippen MR) is 98.5 cm³/mol. The quantitative estimate of drug-likeness (QED) is 0.443. The first-order valence-electron chi connectivity index (χ1n) is 8.36. The van der Waals surface area contributed by atoms with Gasteiger partial charge in [-0.15, -0.1) is 0 Å². The van der Waals surface area contributed by atoms with Crippen molar-refractivity contribution in [3.05, 3.63) is 42.5 Å². The Labute approximate surface area is 143 Å². The Morgan fingerprint density at radius 2 is 2.04 bits per heavy atom. The fourth-order valence-corrected chi connectivity index (χ4v) is 2.31. The normalized spacial score (nSPS) is 11.8. The van der Waals surface area contributed by atoms with Gasteiger partial charge in [0.25, 0.3) is 0 Å². The van der Waals surface area contributed by atoms with Crippen LogP contribution in [0.1, 0.15) is 32.5 Å². The average molecular weight is 329 g/mol. The van der Waals surface area contributed by atoms with Crippen LogP contribution < -0.4 is 15.8 Å². The van der Waals surface area contributed by atoms with Crippen LogP contribution in [0.3, 0.4) is 0 Å². The van der Waals surface area contributed by atoms with Crippen LogP contribution in [0, 0.1) is 6.92 Å². The third-order valence-electron chi connectivity index (χ3n) is 3.51. The molecule has 1 aromatic heterocycles. The van der Waals surface area contributed by atoms with E-state index >= 15 is 0 Å². The van der Waals surface area contributed by atoms with Gasteiger partial charge in [-0.25, -0.2) is 4.98 Å². The van der Waals surface area contributed by atoms with Crippen LogP contribution in [0.15, 0.2) is 41.7 Å². The largest absolute Gasteiger partial charge is 0.491 e. The number of guanidine groups is 1. The first-order chi connectivity index (χ1) is 11.5. The number of nitrogens with one attached hydrogen (secondary N) is 1. The topological polar surface area (TPSA) is 77.5 Å². The fraction of sp³-hybridized carbons (Fsp3) is 0.444. The molecule has 2 rings (SSSR count). The summed E-state index contributed by atoms with van der Waals surface area (Å²) in [5.74, 6) is 2.33. The predicted octanol–water partition coefficient (Wildman–Crippen LogP) is 3.19. The van der Waals surface area contributed by atoms with Gasteiger partial charge < -0.3 is 20.4 Å². The maximum Gasteiger partial charge on any atom is 0.193 e. The molecule has 0 fully saturated rings. The first kappa shape index (κ1) is 17.8. The maximum absolute atomic E-state index is 5.92. The smallest absolute Gasteiger partial charge is 0.193 e. The third kappa shape index (κ3) is 5.95. The van der Waals surface area contributed by atoms with Crippen LogP contribution in [0.2, 0.25) is 0 Å².